The number of nitrogens with zero attached hydrogens (tertiary/aromatic N) is 5. The van der Waals surface area contributed by atoms with Gasteiger partial charge in [-0.1, -0.05) is 11.6 Å². The van der Waals surface area contributed by atoms with Crippen molar-refractivity contribution in [1.29, 1.82) is 5.26 Å². The second-order valence-electron chi connectivity index (χ2n) is 15.8. The summed E-state index contributed by atoms with van der Waals surface area (Å²) in [6.07, 6.45) is 5.64. The van der Waals surface area contributed by atoms with E-state index in [1.807, 2.05) is 30.3 Å². The van der Waals surface area contributed by atoms with Crippen LogP contribution in [0.4, 0.5) is 11.4 Å². The Kier molecular flexibility index (Phi) is 11.2. The van der Waals surface area contributed by atoms with Gasteiger partial charge in [-0.3, -0.25) is 39.1 Å². The Morgan fingerprint density at radius 2 is 1.47 bits per heavy atom. The average Bonchev–Trinajstić information content (AvgIpc) is 3.47. The van der Waals surface area contributed by atoms with E-state index in [9.17, 15) is 24.0 Å². The van der Waals surface area contributed by atoms with E-state index in [0.29, 0.717) is 38.9 Å². The lowest BCUT2D eigenvalue weighted by molar-refractivity contribution is -0.136. The number of nitrogens with one attached hydrogen (secondary N) is 2. The topological polar surface area (TPSA) is 155 Å². The molecule has 4 heterocycles. The zero-order valence-corrected chi connectivity index (χ0v) is 32.5. The van der Waals surface area contributed by atoms with Crippen LogP contribution in [-0.2, 0) is 9.59 Å². The number of anilines is 2. The molecule has 5 aliphatic rings. The van der Waals surface area contributed by atoms with Crippen LogP contribution in [0, 0.1) is 17.2 Å². The SMILES string of the molecule is N#Cc1ccc(O[C@H]2CC[C@H](NC(=O)c3ccc(N4CCN(CC5CCN(c6ccc7c(c6)C(=O)N(C6CCC(=O)NC6=O)C7=O)CC5)CC4)cc3)CC2)cc1Cl. The molecule has 296 valence electrons. The van der Waals surface area contributed by atoms with Crippen molar-refractivity contribution in [2.45, 2.75) is 69.6 Å². The molecule has 1 unspecified atom stereocenters. The summed E-state index contributed by atoms with van der Waals surface area (Å²) in [6, 6.07) is 19.6. The number of ether oxygens (including phenoxy) is 1. The van der Waals surface area contributed by atoms with Crippen molar-refractivity contribution in [3.8, 4) is 11.8 Å². The van der Waals surface area contributed by atoms with Gasteiger partial charge in [-0.15, -0.1) is 0 Å². The normalized spacial score (nSPS) is 23.2. The Hall–Kier alpha value is -5.45. The van der Waals surface area contributed by atoms with Crippen LogP contribution in [0.25, 0.3) is 0 Å². The van der Waals surface area contributed by atoms with E-state index >= 15 is 0 Å². The molecule has 0 bridgehead atoms. The maximum Gasteiger partial charge on any atom is 0.262 e. The molecular formula is C43H46ClN7O6. The first-order chi connectivity index (χ1) is 27.6. The number of piperazine rings is 1. The van der Waals surface area contributed by atoms with Gasteiger partial charge in [0, 0.05) is 81.3 Å². The van der Waals surface area contributed by atoms with Crippen LogP contribution in [0.15, 0.2) is 60.7 Å². The molecule has 0 aromatic heterocycles. The number of carbonyl (C=O) groups is 5. The second-order valence-corrected chi connectivity index (χ2v) is 16.2. The number of fused-ring (bicyclic) bond motifs is 1. The Labute approximate surface area is 336 Å². The predicted octanol–water partition coefficient (Wildman–Crippen LogP) is 4.77. The summed E-state index contributed by atoms with van der Waals surface area (Å²) < 4.78 is 6.10. The lowest BCUT2D eigenvalue weighted by Crippen LogP contribution is -2.54. The fourth-order valence-corrected chi connectivity index (χ4v) is 9.07. The molecule has 0 radical (unpaired) electrons. The number of hydrogen-bond donors (Lipinski definition) is 2. The van der Waals surface area contributed by atoms with E-state index in [1.54, 1.807) is 30.3 Å². The van der Waals surface area contributed by atoms with E-state index in [1.165, 1.54) is 0 Å². The Morgan fingerprint density at radius 1 is 0.789 bits per heavy atom. The quantitative estimate of drug-likeness (QED) is 0.290. The number of imide groups is 2. The van der Waals surface area contributed by atoms with Crippen molar-refractivity contribution in [1.82, 2.24) is 20.4 Å². The standard InChI is InChI=1S/C43H46ClN7O6/c44-37-24-34(9-3-29(37)25-45)57-33-10-4-30(5-11-33)46-40(53)28-1-6-31(7-2-28)50-21-19-48(20-22-50)26-27-15-17-49(18-16-27)32-8-12-35-36(23-32)43(56)51(42(35)55)38-13-14-39(52)47-41(38)54/h1-3,6-9,12,23-24,27,30,33,38H,4-5,10-11,13-22,26H2,(H,46,53)(H,47,52,54)/t30-,33-,38?. The molecule has 2 N–H and O–H groups in total. The summed E-state index contributed by atoms with van der Waals surface area (Å²) >= 11 is 6.15. The molecule has 57 heavy (non-hydrogen) atoms. The van der Waals surface area contributed by atoms with Gasteiger partial charge in [0.05, 0.1) is 27.8 Å². The zero-order valence-electron chi connectivity index (χ0n) is 31.8. The first-order valence-electron chi connectivity index (χ1n) is 20.0. The molecule has 3 aromatic carbocycles. The van der Waals surface area contributed by atoms with Crippen molar-refractivity contribution < 1.29 is 28.7 Å². The second kappa shape index (κ2) is 16.6. The molecule has 0 spiro atoms. The van der Waals surface area contributed by atoms with Crippen LogP contribution in [-0.4, -0.2) is 103 Å². The highest BCUT2D eigenvalue weighted by atomic mass is 35.5. The molecule has 4 aliphatic heterocycles. The maximum absolute atomic E-state index is 13.3. The Balaban J connectivity index is 0.753. The highest BCUT2D eigenvalue weighted by Crippen LogP contribution is 2.33. The molecular weight excluding hydrogens is 746 g/mol. The number of nitriles is 1. The molecule has 3 saturated heterocycles. The van der Waals surface area contributed by atoms with Crippen molar-refractivity contribution in [3.63, 3.8) is 0 Å². The van der Waals surface area contributed by atoms with Crippen LogP contribution in [0.2, 0.25) is 5.02 Å². The number of carbonyl (C=O) groups excluding carboxylic acids is 5. The van der Waals surface area contributed by atoms with Crippen molar-refractivity contribution in [2.24, 2.45) is 5.92 Å². The smallest absolute Gasteiger partial charge is 0.262 e. The van der Waals surface area contributed by atoms with E-state index < -0.39 is 29.7 Å². The minimum Gasteiger partial charge on any atom is -0.490 e. The predicted molar refractivity (Wildman–Crippen MR) is 213 cm³/mol. The van der Waals surface area contributed by atoms with Gasteiger partial charge in [0.25, 0.3) is 17.7 Å². The largest absolute Gasteiger partial charge is 0.490 e. The number of halogens is 1. The molecule has 1 atom stereocenters. The molecule has 5 amide bonds. The first-order valence-corrected chi connectivity index (χ1v) is 20.4. The molecule has 13 nitrogen and oxygen atoms in total. The van der Waals surface area contributed by atoms with Crippen LogP contribution in [0.3, 0.4) is 0 Å². The fraction of sp³-hybridized carbons (Fsp3) is 0.442. The van der Waals surface area contributed by atoms with Gasteiger partial charge in [-0.25, -0.2) is 0 Å². The number of piperidine rings is 2. The summed E-state index contributed by atoms with van der Waals surface area (Å²) in [5.41, 5.74) is 3.72. The highest BCUT2D eigenvalue weighted by molar-refractivity contribution is 6.31. The summed E-state index contributed by atoms with van der Waals surface area (Å²) in [4.78, 5) is 71.8. The Morgan fingerprint density at radius 3 is 2.16 bits per heavy atom. The molecule has 1 saturated carbocycles. The molecule has 4 fully saturated rings. The summed E-state index contributed by atoms with van der Waals surface area (Å²) in [7, 11) is 0. The third-order valence-electron chi connectivity index (χ3n) is 12.2. The van der Waals surface area contributed by atoms with Crippen LogP contribution >= 0.6 is 11.6 Å². The molecule has 14 heteroatoms. The van der Waals surface area contributed by atoms with Gasteiger partial charge in [-0.05, 0) is 105 Å². The van der Waals surface area contributed by atoms with Gasteiger partial charge >= 0.3 is 0 Å². The summed E-state index contributed by atoms with van der Waals surface area (Å²) in [6.45, 7) is 6.53. The van der Waals surface area contributed by atoms with Crippen LogP contribution in [0.5, 0.6) is 5.75 Å². The average molecular weight is 792 g/mol. The van der Waals surface area contributed by atoms with E-state index in [0.717, 1.165) is 101 Å². The van der Waals surface area contributed by atoms with Crippen LogP contribution < -0.4 is 25.2 Å². The van der Waals surface area contributed by atoms with E-state index in [2.05, 4.69) is 31.4 Å². The Bertz CT molecular complexity index is 2100. The van der Waals surface area contributed by atoms with Gasteiger partial charge in [-0.2, -0.15) is 5.26 Å². The van der Waals surface area contributed by atoms with Gasteiger partial charge in [0.1, 0.15) is 17.9 Å². The third-order valence-corrected chi connectivity index (χ3v) is 12.5. The van der Waals surface area contributed by atoms with Crippen LogP contribution in [0.1, 0.15) is 88.0 Å². The number of hydrogen-bond acceptors (Lipinski definition) is 10. The van der Waals surface area contributed by atoms with Gasteiger partial charge < -0.3 is 19.9 Å². The molecule has 3 aromatic rings. The zero-order chi connectivity index (χ0) is 39.6. The fourth-order valence-electron chi connectivity index (χ4n) is 8.85. The monoisotopic (exact) mass is 791 g/mol. The van der Waals surface area contributed by atoms with Crippen molar-refractivity contribution >= 4 is 52.5 Å². The number of rotatable bonds is 9. The van der Waals surface area contributed by atoms with Crippen molar-refractivity contribution in [3.05, 3.63) is 87.9 Å². The molecule has 1 aliphatic carbocycles. The lowest BCUT2D eigenvalue weighted by Gasteiger charge is -2.40. The molecule has 8 rings (SSSR count). The number of benzene rings is 3. The first kappa shape index (κ1) is 38.4. The van der Waals surface area contributed by atoms with E-state index in [4.69, 9.17) is 21.6 Å². The van der Waals surface area contributed by atoms with E-state index in [-0.39, 0.29) is 30.9 Å². The minimum atomic E-state index is -0.969. The van der Waals surface area contributed by atoms with Gasteiger partial charge in [0.15, 0.2) is 0 Å². The maximum atomic E-state index is 13.3. The summed E-state index contributed by atoms with van der Waals surface area (Å²) in [5, 5.41) is 14.9. The summed E-state index contributed by atoms with van der Waals surface area (Å²) in [5.74, 6) is -0.796. The van der Waals surface area contributed by atoms with Gasteiger partial charge in [0.2, 0.25) is 11.8 Å². The van der Waals surface area contributed by atoms with Crippen molar-refractivity contribution in [2.75, 3.05) is 55.6 Å². The number of amides is 5. The highest BCUT2D eigenvalue weighted by Gasteiger charge is 2.45. The lowest BCUT2D eigenvalue weighted by atomic mass is 9.92. The third kappa shape index (κ3) is 8.34. The minimum absolute atomic E-state index is 0.0455.